The summed E-state index contributed by atoms with van der Waals surface area (Å²) in [5.74, 6) is 1.23. The van der Waals surface area contributed by atoms with E-state index in [0.29, 0.717) is 29.8 Å². The van der Waals surface area contributed by atoms with Gasteiger partial charge >= 0.3 is 0 Å². The summed E-state index contributed by atoms with van der Waals surface area (Å²) in [6.45, 7) is 0.612. The molecule has 0 saturated heterocycles. The highest BCUT2D eigenvalue weighted by molar-refractivity contribution is 5.93. The second kappa shape index (κ2) is 7.16. The fourth-order valence-electron chi connectivity index (χ4n) is 3.12. The molecule has 0 unspecified atom stereocenters. The van der Waals surface area contributed by atoms with E-state index in [1.165, 1.54) is 0 Å². The van der Waals surface area contributed by atoms with Gasteiger partial charge in [-0.1, -0.05) is 58.9 Å². The van der Waals surface area contributed by atoms with Crippen molar-refractivity contribution < 1.29 is 9.26 Å². The van der Waals surface area contributed by atoms with Crippen molar-refractivity contribution in [2.24, 2.45) is 0 Å². The summed E-state index contributed by atoms with van der Waals surface area (Å²) in [5.41, 5.74) is 3.22. The summed E-state index contributed by atoms with van der Waals surface area (Å²) in [6, 6.07) is 19.6. The minimum absolute atomic E-state index is 0.305. The lowest BCUT2D eigenvalue weighted by Crippen LogP contribution is -1.99. The highest BCUT2D eigenvalue weighted by atomic mass is 16.5. The van der Waals surface area contributed by atoms with Crippen molar-refractivity contribution in [3.63, 3.8) is 0 Å². The van der Waals surface area contributed by atoms with Crippen molar-refractivity contribution in [3.05, 3.63) is 72.4 Å². The van der Waals surface area contributed by atoms with Gasteiger partial charge in [0.25, 0.3) is 5.89 Å². The first kappa shape index (κ1) is 17.1. The highest BCUT2D eigenvalue weighted by Gasteiger charge is 2.17. The monoisotopic (exact) mass is 384 g/mol. The van der Waals surface area contributed by atoms with E-state index < -0.39 is 0 Å². The molecular weight excluding hydrogens is 368 g/mol. The Morgan fingerprint density at radius 3 is 2.69 bits per heavy atom. The third-order valence-corrected chi connectivity index (χ3v) is 4.51. The van der Waals surface area contributed by atoms with Crippen LogP contribution in [0.2, 0.25) is 0 Å². The van der Waals surface area contributed by atoms with E-state index in [4.69, 9.17) is 9.26 Å². The molecule has 8 heteroatoms. The average molecular weight is 384 g/mol. The fourth-order valence-corrected chi connectivity index (χ4v) is 3.12. The average Bonchev–Trinajstić information content (AvgIpc) is 3.43. The Hall–Kier alpha value is -4.07. The van der Waals surface area contributed by atoms with Crippen molar-refractivity contribution in [3.8, 4) is 28.9 Å². The second-order valence-corrected chi connectivity index (χ2v) is 6.44. The highest BCUT2D eigenvalue weighted by Crippen LogP contribution is 2.30. The van der Waals surface area contributed by atoms with Crippen LogP contribution in [0.4, 0.5) is 0 Å². The first-order valence-corrected chi connectivity index (χ1v) is 9.02. The molecule has 0 spiro atoms. The molecule has 0 aliphatic carbocycles. The summed E-state index contributed by atoms with van der Waals surface area (Å²) >= 11 is 0. The van der Waals surface area contributed by atoms with E-state index in [0.717, 1.165) is 22.0 Å². The van der Waals surface area contributed by atoms with Crippen molar-refractivity contribution in [2.75, 3.05) is 7.11 Å². The Balaban J connectivity index is 1.48. The van der Waals surface area contributed by atoms with E-state index >= 15 is 0 Å². The SMILES string of the molecule is COc1cc(-c2noc(-c3cn(Cc4ccccc4)nn3)n2)c2ccccc2n1. The Morgan fingerprint density at radius 2 is 1.83 bits per heavy atom. The zero-order chi connectivity index (χ0) is 19.6. The van der Waals surface area contributed by atoms with E-state index in [9.17, 15) is 0 Å². The van der Waals surface area contributed by atoms with Gasteiger partial charge in [0.2, 0.25) is 11.7 Å². The van der Waals surface area contributed by atoms with E-state index in [1.807, 2.05) is 54.6 Å². The largest absolute Gasteiger partial charge is 0.481 e. The number of aromatic nitrogens is 6. The van der Waals surface area contributed by atoms with Gasteiger partial charge in [0.15, 0.2) is 5.69 Å². The van der Waals surface area contributed by atoms with Gasteiger partial charge < -0.3 is 9.26 Å². The molecule has 0 aliphatic rings. The number of fused-ring (bicyclic) bond motifs is 1. The molecule has 5 aromatic rings. The predicted octanol–water partition coefficient (Wildman–Crippen LogP) is 3.60. The molecule has 2 aromatic carbocycles. The topological polar surface area (TPSA) is 91.8 Å². The summed E-state index contributed by atoms with van der Waals surface area (Å²) in [5, 5.41) is 13.4. The van der Waals surface area contributed by atoms with E-state index in [1.54, 1.807) is 24.1 Å². The fraction of sp³-hybridized carbons (Fsp3) is 0.0952. The molecule has 8 nitrogen and oxygen atoms in total. The molecule has 29 heavy (non-hydrogen) atoms. The van der Waals surface area contributed by atoms with Crippen molar-refractivity contribution in [2.45, 2.75) is 6.54 Å². The van der Waals surface area contributed by atoms with Crippen LogP contribution in [0.25, 0.3) is 33.9 Å². The molecule has 0 atom stereocenters. The molecule has 0 aliphatic heterocycles. The molecule has 5 rings (SSSR count). The van der Waals surface area contributed by atoms with Gasteiger partial charge in [0.1, 0.15) is 0 Å². The van der Waals surface area contributed by atoms with Gasteiger partial charge in [-0.25, -0.2) is 9.67 Å². The molecule has 0 amide bonds. The number of benzene rings is 2. The molecule has 0 fully saturated rings. The lowest BCUT2D eigenvalue weighted by Gasteiger charge is -2.05. The zero-order valence-corrected chi connectivity index (χ0v) is 15.6. The Kier molecular flexibility index (Phi) is 4.21. The van der Waals surface area contributed by atoms with Crippen molar-refractivity contribution >= 4 is 10.9 Å². The summed E-state index contributed by atoms with van der Waals surface area (Å²) in [4.78, 5) is 8.97. The van der Waals surface area contributed by atoms with Gasteiger partial charge in [0.05, 0.1) is 25.4 Å². The number of hydrogen-bond donors (Lipinski definition) is 0. The minimum atomic E-state index is 0.305. The standard InChI is InChI=1S/C21H16N6O2/c1-28-19-11-16(15-9-5-6-10-17(15)22-19)20-23-21(29-25-20)18-13-27(26-24-18)12-14-7-3-2-4-8-14/h2-11,13H,12H2,1H3. The lowest BCUT2D eigenvalue weighted by atomic mass is 10.1. The summed E-state index contributed by atoms with van der Waals surface area (Å²) in [6.07, 6.45) is 1.79. The molecule has 0 saturated carbocycles. The van der Waals surface area contributed by atoms with Crippen LogP contribution >= 0.6 is 0 Å². The quantitative estimate of drug-likeness (QED) is 0.457. The molecule has 0 radical (unpaired) electrons. The molecule has 3 aromatic heterocycles. The van der Waals surface area contributed by atoms with Crippen LogP contribution in [0.5, 0.6) is 5.88 Å². The number of ether oxygens (including phenoxy) is 1. The van der Waals surface area contributed by atoms with Crippen LogP contribution in [0.15, 0.2) is 71.4 Å². The third-order valence-electron chi connectivity index (χ3n) is 4.51. The van der Waals surface area contributed by atoms with Crippen molar-refractivity contribution in [1.82, 2.24) is 30.1 Å². The maximum absolute atomic E-state index is 5.45. The number of hydrogen-bond acceptors (Lipinski definition) is 7. The van der Waals surface area contributed by atoms with Crippen LogP contribution < -0.4 is 4.74 Å². The van der Waals surface area contributed by atoms with E-state index in [2.05, 4.69) is 25.4 Å². The third kappa shape index (κ3) is 3.31. The van der Waals surface area contributed by atoms with Gasteiger partial charge in [-0.2, -0.15) is 4.98 Å². The summed E-state index contributed by atoms with van der Waals surface area (Å²) < 4.78 is 12.5. The Morgan fingerprint density at radius 1 is 1.00 bits per heavy atom. The lowest BCUT2D eigenvalue weighted by molar-refractivity contribution is 0.399. The zero-order valence-electron chi connectivity index (χ0n) is 15.6. The Bertz CT molecular complexity index is 1280. The number of methoxy groups -OCH3 is 1. The van der Waals surface area contributed by atoms with Gasteiger partial charge in [-0.05, 0) is 11.6 Å². The van der Waals surface area contributed by atoms with Gasteiger partial charge in [-0.3, -0.25) is 0 Å². The van der Waals surface area contributed by atoms with Crippen LogP contribution in [0.1, 0.15) is 5.56 Å². The maximum Gasteiger partial charge on any atom is 0.280 e. The summed E-state index contributed by atoms with van der Waals surface area (Å²) in [7, 11) is 1.58. The number of para-hydroxylation sites is 1. The predicted molar refractivity (Wildman–Crippen MR) is 106 cm³/mol. The second-order valence-electron chi connectivity index (χ2n) is 6.44. The molecule has 142 valence electrons. The first-order chi connectivity index (χ1) is 14.3. The van der Waals surface area contributed by atoms with Crippen LogP contribution in [0, 0.1) is 0 Å². The maximum atomic E-state index is 5.45. The normalized spacial score (nSPS) is 11.1. The molecule has 0 N–H and O–H groups in total. The van der Waals surface area contributed by atoms with Crippen molar-refractivity contribution in [1.29, 1.82) is 0 Å². The number of rotatable bonds is 5. The van der Waals surface area contributed by atoms with Gasteiger partial charge in [-0.15, -0.1) is 5.10 Å². The number of nitrogens with zero attached hydrogens (tertiary/aromatic N) is 6. The Labute approximate surface area is 165 Å². The number of pyridine rings is 1. The van der Waals surface area contributed by atoms with Crippen LogP contribution in [-0.4, -0.2) is 37.2 Å². The van der Waals surface area contributed by atoms with Crippen LogP contribution in [0.3, 0.4) is 0 Å². The van der Waals surface area contributed by atoms with E-state index in [-0.39, 0.29) is 0 Å². The minimum Gasteiger partial charge on any atom is -0.481 e. The molecule has 3 heterocycles. The smallest absolute Gasteiger partial charge is 0.280 e. The first-order valence-electron chi connectivity index (χ1n) is 9.02. The molecule has 0 bridgehead atoms. The molecular formula is C21H16N6O2. The van der Waals surface area contributed by atoms with Gasteiger partial charge in [0, 0.05) is 17.0 Å². The van der Waals surface area contributed by atoms with Crippen LogP contribution in [-0.2, 0) is 6.54 Å².